The van der Waals surface area contributed by atoms with Crippen LogP contribution in [-0.2, 0) is 6.54 Å². The molecule has 1 aromatic carbocycles. The van der Waals surface area contributed by atoms with E-state index in [4.69, 9.17) is 11.6 Å². The Balaban J connectivity index is 2.27. The number of halogens is 1. The SMILES string of the molecule is CC(=O)c1cc(Cl)cc(CN2CCSC(C)C2C)c1O. The van der Waals surface area contributed by atoms with Crippen LogP contribution in [0, 0.1) is 0 Å². The maximum Gasteiger partial charge on any atom is 0.163 e. The fourth-order valence-electron chi connectivity index (χ4n) is 2.48. The van der Waals surface area contributed by atoms with Gasteiger partial charge in [-0.2, -0.15) is 11.8 Å². The molecule has 0 spiro atoms. The van der Waals surface area contributed by atoms with Crippen molar-refractivity contribution in [1.82, 2.24) is 4.90 Å². The number of thioether (sulfide) groups is 1. The standard InChI is InChI=1S/C15H20ClNO2S/c1-9-11(3)20-5-4-17(9)8-12-6-13(16)7-14(10(2)18)15(12)19/h6-7,9,11,19H,4-5,8H2,1-3H3. The molecule has 0 amide bonds. The van der Waals surface area contributed by atoms with Crippen LogP contribution in [0.25, 0.3) is 0 Å². The summed E-state index contributed by atoms with van der Waals surface area (Å²) in [5, 5.41) is 11.3. The monoisotopic (exact) mass is 313 g/mol. The van der Waals surface area contributed by atoms with Gasteiger partial charge in [-0.25, -0.2) is 0 Å². The average molecular weight is 314 g/mol. The first kappa shape index (κ1) is 15.7. The van der Waals surface area contributed by atoms with Crippen LogP contribution in [0.5, 0.6) is 5.75 Å². The Kier molecular flexibility index (Phi) is 4.99. The predicted molar refractivity (Wildman–Crippen MR) is 84.9 cm³/mol. The number of carbonyl (C=O) groups excluding carboxylic acids is 1. The normalized spacial score (nSPS) is 23.8. The molecule has 0 radical (unpaired) electrons. The van der Waals surface area contributed by atoms with Gasteiger partial charge in [0.2, 0.25) is 0 Å². The van der Waals surface area contributed by atoms with Crippen molar-refractivity contribution in [3.63, 3.8) is 0 Å². The van der Waals surface area contributed by atoms with Crippen molar-refractivity contribution < 1.29 is 9.90 Å². The average Bonchev–Trinajstić information content (AvgIpc) is 2.38. The summed E-state index contributed by atoms with van der Waals surface area (Å²) < 4.78 is 0. The third kappa shape index (κ3) is 3.30. The number of nitrogens with zero attached hydrogens (tertiary/aromatic N) is 1. The molecule has 3 nitrogen and oxygen atoms in total. The summed E-state index contributed by atoms with van der Waals surface area (Å²) in [6.45, 7) is 7.47. The van der Waals surface area contributed by atoms with E-state index >= 15 is 0 Å². The molecule has 5 heteroatoms. The molecule has 1 aromatic rings. The smallest absolute Gasteiger partial charge is 0.163 e. The highest BCUT2D eigenvalue weighted by Gasteiger charge is 2.26. The number of benzene rings is 1. The summed E-state index contributed by atoms with van der Waals surface area (Å²) in [7, 11) is 0. The molecule has 1 aliphatic rings. The summed E-state index contributed by atoms with van der Waals surface area (Å²) in [5.74, 6) is 0.994. The summed E-state index contributed by atoms with van der Waals surface area (Å²) in [4.78, 5) is 13.9. The Hall–Kier alpha value is -0.710. The van der Waals surface area contributed by atoms with Crippen LogP contribution in [0.3, 0.4) is 0 Å². The number of aromatic hydroxyl groups is 1. The van der Waals surface area contributed by atoms with E-state index in [1.807, 2.05) is 11.8 Å². The Morgan fingerprint density at radius 1 is 1.50 bits per heavy atom. The Morgan fingerprint density at radius 2 is 2.20 bits per heavy atom. The van der Waals surface area contributed by atoms with E-state index in [1.165, 1.54) is 13.0 Å². The number of Topliss-reactive ketones (excluding diaryl/α,β-unsaturated/α-hetero) is 1. The minimum absolute atomic E-state index is 0.0694. The van der Waals surface area contributed by atoms with E-state index < -0.39 is 0 Å². The molecule has 1 aliphatic heterocycles. The van der Waals surface area contributed by atoms with Crippen molar-refractivity contribution in [2.45, 2.75) is 38.6 Å². The molecule has 2 rings (SSSR count). The molecule has 20 heavy (non-hydrogen) atoms. The maximum atomic E-state index is 11.5. The van der Waals surface area contributed by atoms with E-state index in [0.717, 1.165) is 17.9 Å². The fourth-order valence-corrected chi connectivity index (χ4v) is 3.89. The van der Waals surface area contributed by atoms with E-state index in [9.17, 15) is 9.90 Å². The maximum absolute atomic E-state index is 11.5. The Morgan fingerprint density at radius 3 is 2.85 bits per heavy atom. The second-order valence-corrected chi connectivity index (χ2v) is 7.23. The molecular formula is C15H20ClNO2S. The van der Waals surface area contributed by atoms with Crippen LogP contribution < -0.4 is 0 Å². The third-order valence-corrected chi connectivity index (χ3v) is 5.48. The van der Waals surface area contributed by atoms with Gasteiger partial charge in [-0.3, -0.25) is 9.69 Å². The summed E-state index contributed by atoms with van der Waals surface area (Å²) in [6, 6.07) is 3.72. The quantitative estimate of drug-likeness (QED) is 0.866. The first-order chi connectivity index (χ1) is 9.40. The van der Waals surface area contributed by atoms with Gasteiger partial charge in [-0.1, -0.05) is 18.5 Å². The second-order valence-electron chi connectivity index (χ2n) is 5.30. The van der Waals surface area contributed by atoms with Gasteiger partial charge in [-0.05, 0) is 26.0 Å². The highest BCUT2D eigenvalue weighted by atomic mass is 35.5. The topological polar surface area (TPSA) is 40.5 Å². The number of rotatable bonds is 3. The van der Waals surface area contributed by atoms with E-state index in [-0.39, 0.29) is 11.5 Å². The molecule has 0 aliphatic carbocycles. The number of carbonyl (C=O) groups is 1. The Labute approximate surface area is 129 Å². The third-order valence-electron chi connectivity index (χ3n) is 3.92. The largest absolute Gasteiger partial charge is 0.507 e. The fraction of sp³-hybridized carbons (Fsp3) is 0.533. The zero-order valence-electron chi connectivity index (χ0n) is 12.0. The zero-order valence-corrected chi connectivity index (χ0v) is 13.6. The van der Waals surface area contributed by atoms with Crippen molar-refractivity contribution in [3.05, 3.63) is 28.3 Å². The van der Waals surface area contributed by atoms with E-state index in [2.05, 4.69) is 18.7 Å². The molecule has 0 saturated carbocycles. The number of hydrogen-bond donors (Lipinski definition) is 1. The second kappa shape index (κ2) is 6.37. The lowest BCUT2D eigenvalue weighted by molar-refractivity contribution is 0.101. The number of phenolic OH excluding ortho intramolecular Hbond substituents is 1. The van der Waals surface area contributed by atoms with Gasteiger partial charge in [0.1, 0.15) is 5.75 Å². The van der Waals surface area contributed by atoms with Crippen LogP contribution in [0.4, 0.5) is 0 Å². The number of phenols is 1. The summed E-state index contributed by atoms with van der Waals surface area (Å²) >= 11 is 8.03. The first-order valence-corrected chi connectivity index (χ1v) is 8.20. The molecule has 0 bridgehead atoms. The number of ketones is 1. The molecule has 2 unspecified atom stereocenters. The van der Waals surface area contributed by atoms with Gasteiger partial charge in [0, 0.05) is 40.7 Å². The van der Waals surface area contributed by atoms with Crippen molar-refractivity contribution >= 4 is 29.1 Å². The highest BCUT2D eigenvalue weighted by molar-refractivity contribution is 8.00. The molecule has 110 valence electrons. The lowest BCUT2D eigenvalue weighted by Crippen LogP contribution is -2.43. The van der Waals surface area contributed by atoms with Crippen LogP contribution >= 0.6 is 23.4 Å². The minimum Gasteiger partial charge on any atom is -0.507 e. The van der Waals surface area contributed by atoms with Gasteiger partial charge < -0.3 is 5.11 Å². The molecule has 2 atom stereocenters. The van der Waals surface area contributed by atoms with E-state index in [0.29, 0.717) is 28.4 Å². The lowest BCUT2D eigenvalue weighted by Gasteiger charge is -2.37. The molecule has 1 N–H and O–H groups in total. The van der Waals surface area contributed by atoms with Crippen molar-refractivity contribution in [3.8, 4) is 5.75 Å². The summed E-state index contributed by atoms with van der Waals surface area (Å²) in [5.41, 5.74) is 1.04. The van der Waals surface area contributed by atoms with Gasteiger partial charge in [-0.15, -0.1) is 0 Å². The van der Waals surface area contributed by atoms with Crippen molar-refractivity contribution in [2.75, 3.05) is 12.3 Å². The molecule has 1 saturated heterocycles. The Bertz CT molecular complexity index is 521. The van der Waals surface area contributed by atoms with Crippen LogP contribution in [0.2, 0.25) is 5.02 Å². The van der Waals surface area contributed by atoms with Crippen molar-refractivity contribution in [1.29, 1.82) is 0 Å². The van der Waals surface area contributed by atoms with Crippen molar-refractivity contribution in [2.24, 2.45) is 0 Å². The molecule has 0 aromatic heterocycles. The number of hydrogen-bond acceptors (Lipinski definition) is 4. The van der Waals surface area contributed by atoms with Gasteiger partial charge in [0.05, 0.1) is 5.56 Å². The predicted octanol–water partition coefficient (Wildman–Crippen LogP) is 3.57. The minimum atomic E-state index is -0.165. The van der Waals surface area contributed by atoms with Gasteiger partial charge in [0.25, 0.3) is 0 Å². The van der Waals surface area contributed by atoms with Crippen LogP contribution in [0.15, 0.2) is 12.1 Å². The lowest BCUT2D eigenvalue weighted by atomic mass is 10.0. The van der Waals surface area contributed by atoms with Gasteiger partial charge >= 0.3 is 0 Å². The molecule has 1 heterocycles. The molecule has 1 fully saturated rings. The van der Waals surface area contributed by atoms with E-state index in [1.54, 1.807) is 6.07 Å². The first-order valence-electron chi connectivity index (χ1n) is 6.78. The van der Waals surface area contributed by atoms with Crippen LogP contribution in [0.1, 0.15) is 36.7 Å². The highest BCUT2D eigenvalue weighted by Crippen LogP contribution is 2.31. The molecular weight excluding hydrogens is 294 g/mol. The summed E-state index contributed by atoms with van der Waals surface area (Å²) in [6.07, 6.45) is 0. The van der Waals surface area contributed by atoms with Crippen LogP contribution in [-0.4, -0.2) is 39.4 Å². The van der Waals surface area contributed by atoms with Gasteiger partial charge in [0.15, 0.2) is 5.78 Å². The zero-order chi connectivity index (χ0) is 14.9.